The van der Waals surface area contributed by atoms with Gasteiger partial charge in [0, 0.05) is 49.3 Å². The highest BCUT2D eigenvalue weighted by Gasteiger charge is 2.24. The summed E-state index contributed by atoms with van der Waals surface area (Å²) in [6.45, 7) is 8.26. The zero-order valence-electron chi connectivity index (χ0n) is 20.5. The summed E-state index contributed by atoms with van der Waals surface area (Å²) in [5.74, 6) is 1.11. The molecule has 1 heterocycles. The summed E-state index contributed by atoms with van der Waals surface area (Å²) in [6.07, 6.45) is 0.883. The molecule has 0 aliphatic carbocycles. The molecule has 0 saturated carbocycles. The van der Waals surface area contributed by atoms with Gasteiger partial charge in [-0.05, 0) is 37.6 Å². The second-order valence-corrected chi connectivity index (χ2v) is 8.17. The van der Waals surface area contributed by atoms with Crippen LogP contribution in [-0.2, 0) is 16.1 Å². The van der Waals surface area contributed by atoms with Crippen molar-refractivity contribution in [2.45, 2.75) is 26.8 Å². The van der Waals surface area contributed by atoms with Gasteiger partial charge >= 0.3 is 0 Å². The smallest absolute Gasteiger partial charge is 0.261 e. The monoisotopic (exact) mass is 470 g/mol. The molecule has 8 nitrogen and oxygen atoms in total. The molecule has 34 heavy (non-hydrogen) atoms. The Morgan fingerprint density at radius 3 is 2.50 bits per heavy atom. The summed E-state index contributed by atoms with van der Waals surface area (Å²) in [4.78, 5) is 29.4. The predicted molar refractivity (Wildman–Crippen MR) is 129 cm³/mol. The van der Waals surface area contributed by atoms with Crippen LogP contribution in [0.2, 0.25) is 0 Å². The number of hydrogen-bond donors (Lipinski definition) is 0. The third-order valence-electron chi connectivity index (χ3n) is 5.94. The maximum Gasteiger partial charge on any atom is 0.261 e. The van der Waals surface area contributed by atoms with Gasteiger partial charge in [-0.3, -0.25) is 19.4 Å². The summed E-state index contributed by atoms with van der Waals surface area (Å²) >= 11 is 0. The molecule has 0 spiro atoms. The Morgan fingerprint density at radius 1 is 1.06 bits per heavy atom. The van der Waals surface area contributed by atoms with Gasteiger partial charge < -0.3 is 18.9 Å². The van der Waals surface area contributed by atoms with Gasteiger partial charge in [0.05, 0.1) is 40.6 Å². The molecule has 1 aliphatic heterocycles. The molecule has 0 N–H and O–H groups in total. The minimum absolute atomic E-state index is 0.0887. The van der Waals surface area contributed by atoms with E-state index in [1.165, 1.54) is 11.8 Å². The maximum absolute atomic E-state index is 13.4. The molecule has 1 fully saturated rings. The van der Waals surface area contributed by atoms with E-state index in [2.05, 4.69) is 4.90 Å². The lowest BCUT2D eigenvalue weighted by atomic mass is 10.1. The van der Waals surface area contributed by atoms with Crippen LogP contribution in [0.25, 0.3) is 0 Å². The van der Waals surface area contributed by atoms with E-state index >= 15 is 0 Å². The first-order chi connectivity index (χ1) is 16.4. The van der Waals surface area contributed by atoms with Crippen LogP contribution in [0.3, 0.4) is 0 Å². The van der Waals surface area contributed by atoms with Crippen LogP contribution in [0.5, 0.6) is 17.2 Å². The lowest BCUT2D eigenvalue weighted by Crippen LogP contribution is -2.37. The highest BCUT2D eigenvalue weighted by Crippen LogP contribution is 2.28. The first-order valence-corrected chi connectivity index (χ1v) is 11.5. The average Bonchev–Trinajstić information content (AvgIpc) is 2.86. The van der Waals surface area contributed by atoms with E-state index in [1.807, 2.05) is 13.0 Å². The Hall–Kier alpha value is -3.10. The summed E-state index contributed by atoms with van der Waals surface area (Å²) in [6, 6.07) is 10.7. The number of morpholine rings is 1. The number of nitrogens with zero attached hydrogens (tertiary/aromatic N) is 2. The molecule has 1 aliphatic rings. The quantitative estimate of drug-likeness (QED) is 0.493. The summed E-state index contributed by atoms with van der Waals surface area (Å²) in [7, 11) is 3.11. The minimum atomic E-state index is -0.373. The number of amides is 2. The van der Waals surface area contributed by atoms with Crippen LogP contribution in [0.1, 0.15) is 34.8 Å². The Labute approximate surface area is 201 Å². The van der Waals surface area contributed by atoms with Gasteiger partial charge in [-0.15, -0.1) is 0 Å². The van der Waals surface area contributed by atoms with Crippen LogP contribution in [-0.4, -0.2) is 75.3 Å². The third kappa shape index (κ3) is 6.48. The number of carbonyl (C=O) groups excluding carboxylic acids is 2. The molecule has 2 aromatic rings. The molecule has 8 heteroatoms. The number of hydrogen-bond acceptors (Lipinski definition) is 7. The van der Waals surface area contributed by atoms with E-state index < -0.39 is 0 Å². The van der Waals surface area contributed by atoms with E-state index in [9.17, 15) is 9.59 Å². The molecule has 184 valence electrons. The zero-order valence-corrected chi connectivity index (χ0v) is 20.5. The summed E-state index contributed by atoms with van der Waals surface area (Å²) < 4.78 is 22.0. The van der Waals surface area contributed by atoms with Crippen molar-refractivity contribution in [1.82, 2.24) is 9.80 Å². The van der Waals surface area contributed by atoms with E-state index in [0.717, 1.165) is 39.3 Å². The van der Waals surface area contributed by atoms with Crippen molar-refractivity contribution in [2.24, 2.45) is 0 Å². The van der Waals surface area contributed by atoms with Gasteiger partial charge in [-0.1, -0.05) is 6.07 Å². The first-order valence-electron chi connectivity index (χ1n) is 11.5. The molecular formula is C26H34N2O6. The summed E-state index contributed by atoms with van der Waals surface area (Å²) in [5.41, 5.74) is 1.86. The van der Waals surface area contributed by atoms with Crippen molar-refractivity contribution in [3.05, 3.63) is 53.1 Å². The number of rotatable bonds is 10. The highest BCUT2D eigenvalue weighted by molar-refractivity contribution is 6.05. The number of imide groups is 1. The zero-order chi connectivity index (χ0) is 24.5. The second-order valence-electron chi connectivity index (χ2n) is 8.17. The lowest BCUT2D eigenvalue weighted by Gasteiger charge is -2.26. The van der Waals surface area contributed by atoms with Crippen LogP contribution < -0.4 is 14.2 Å². The fourth-order valence-electron chi connectivity index (χ4n) is 3.92. The molecule has 0 atom stereocenters. The van der Waals surface area contributed by atoms with Crippen LogP contribution in [0.15, 0.2) is 36.4 Å². The Morgan fingerprint density at radius 2 is 1.82 bits per heavy atom. The van der Waals surface area contributed by atoms with E-state index in [4.69, 9.17) is 18.9 Å². The van der Waals surface area contributed by atoms with Gasteiger partial charge in [0.1, 0.15) is 17.2 Å². The van der Waals surface area contributed by atoms with Crippen LogP contribution in [0, 0.1) is 6.92 Å². The Bertz CT molecular complexity index is 987. The van der Waals surface area contributed by atoms with E-state index in [-0.39, 0.29) is 18.4 Å². The van der Waals surface area contributed by atoms with Crippen molar-refractivity contribution < 1.29 is 28.5 Å². The van der Waals surface area contributed by atoms with Gasteiger partial charge in [0.25, 0.3) is 5.91 Å². The molecule has 3 rings (SSSR count). The fraction of sp³-hybridized carbons (Fsp3) is 0.462. The maximum atomic E-state index is 13.4. The number of carbonyl (C=O) groups is 2. The fourth-order valence-corrected chi connectivity index (χ4v) is 3.92. The molecule has 0 unspecified atom stereocenters. The first kappa shape index (κ1) is 25.5. The molecule has 0 bridgehead atoms. The van der Waals surface area contributed by atoms with E-state index in [1.54, 1.807) is 44.6 Å². The van der Waals surface area contributed by atoms with Gasteiger partial charge in [0.15, 0.2) is 0 Å². The molecule has 0 radical (unpaired) electrons. The molecule has 2 amide bonds. The minimum Gasteiger partial charge on any atom is -0.497 e. The lowest BCUT2D eigenvalue weighted by molar-refractivity contribution is -0.126. The molecule has 1 saturated heterocycles. The third-order valence-corrected chi connectivity index (χ3v) is 5.94. The van der Waals surface area contributed by atoms with Crippen LogP contribution in [0.4, 0.5) is 0 Å². The second kappa shape index (κ2) is 12.4. The number of methoxy groups -OCH3 is 2. The van der Waals surface area contributed by atoms with Crippen LogP contribution >= 0.6 is 0 Å². The Kier molecular flexibility index (Phi) is 9.30. The van der Waals surface area contributed by atoms with Crippen molar-refractivity contribution in [3.8, 4) is 17.2 Å². The van der Waals surface area contributed by atoms with Gasteiger partial charge in [0.2, 0.25) is 5.91 Å². The molecule has 0 aromatic heterocycles. The van der Waals surface area contributed by atoms with Crippen molar-refractivity contribution in [3.63, 3.8) is 0 Å². The highest BCUT2D eigenvalue weighted by atomic mass is 16.5. The average molecular weight is 471 g/mol. The normalized spacial score (nSPS) is 13.9. The number of benzene rings is 2. The number of ether oxygens (including phenoxy) is 4. The van der Waals surface area contributed by atoms with Crippen molar-refractivity contribution in [2.75, 3.05) is 53.7 Å². The molecular weight excluding hydrogens is 436 g/mol. The van der Waals surface area contributed by atoms with E-state index in [0.29, 0.717) is 40.5 Å². The topological polar surface area (TPSA) is 77.5 Å². The SMILES string of the molecule is COc1ccc(CN(C(C)=O)C(=O)c2cccc(OCCCN3CCOCC3)c2C)c(OC)c1. The van der Waals surface area contributed by atoms with Crippen molar-refractivity contribution in [1.29, 1.82) is 0 Å². The predicted octanol–water partition coefficient (Wildman–Crippen LogP) is 3.30. The molecule has 2 aromatic carbocycles. The Balaban J connectivity index is 1.69. The van der Waals surface area contributed by atoms with Gasteiger partial charge in [-0.2, -0.15) is 0 Å². The largest absolute Gasteiger partial charge is 0.497 e. The standard InChI is InChI=1S/C26H34N2O6/c1-19-23(7-5-8-24(19)34-14-6-11-27-12-15-33-16-13-27)26(30)28(20(2)29)18-21-9-10-22(31-3)17-25(21)32-4/h5,7-10,17H,6,11-16,18H2,1-4H3. The summed E-state index contributed by atoms with van der Waals surface area (Å²) in [5, 5.41) is 0. The van der Waals surface area contributed by atoms with Gasteiger partial charge in [-0.25, -0.2) is 0 Å². The van der Waals surface area contributed by atoms with Crippen molar-refractivity contribution >= 4 is 11.8 Å².